The van der Waals surface area contributed by atoms with E-state index in [2.05, 4.69) is 5.32 Å². The highest BCUT2D eigenvalue weighted by Gasteiger charge is 2.31. The number of carbonyl (C=O) groups is 1. The van der Waals surface area contributed by atoms with Crippen LogP contribution in [0.4, 0.5) is 10.1 Å². The van der Waals surface area contributed by atoms with Crippen LogP contribution >= 0.6 is 23.2 Å². The van der Waals surface area contributed by atoms with Crippen molar-refractivity contribution in [3.63, 3.8) is 0 Å². The van der Waals surface area contributed by atoms with E-state index in [1.807, 2.05) is 0 Å². The molecule has 0 aliphatic carbocycles. The van der Waals surface area contributed by atoms with Crippen molar-refractivity contribution in [3.05, 3.63) is 63.9 Å². The minimum atomic E-state index is -3.78. The van der Waals surface area contributed by atoms with Gasteiger partial charge in [0.25, 0.3) is 0 Å². The number of anilines is 1. The average molecular weight is 433 g/mol. The number of hydrogen-bond acceptors (Lipinski definition) is 3. The molecule has 0 aromatic heterocycles. The van der Waals surface area contributed by atoms with Crippen molar-refractivity contribution >= 4 is 44.8 Å². The van der Waals surface area contributed by atoms with Crippen LogP contribution in [0.15, 0.2) is 42.5 Å². The van der Waals surface area contributed by atoms with E-state index < -0.39 is 27.8 Å². The molecule has 0 aliphatic rings. The van der Waals surface area contributed by atoms with E-state index in [0.29, 0.717) is 15.6 Å². The molecule has 0 bridgehead atoms. The second-order valence-corrected chi connectivity index (χ2v) is 8.62. The Hall–Kier alpha value is -1.83. The quantitative estimate of drug-likeness (QED) is 0.718. The number of nitrogens with zero attached hydrogens (tertiary/aromatic N) is 1. The molecule has 9 heteroatoms. The Bertz CT molecular complexity index is 921. The first-order chi connectivity index (χ1) is 12.6. The summed E-state index contributed by atoms with van der Waals surface area (Å²) >= 11 is 11.9. The molecule has 27 heavy (non-hydrogen) atoms. The number of sulfonamides is 1. The summed E-state index contributed by atoms with van der Waals surface area (Å²) in [6, 6.07) is 8.83. The van der Waals surface area contributed by atoms with Crippen LogP contribution in [0, 0.1) is 5.82 Å². The van der Waals surface area contributed by atoms with Crippen molar-refractivity contribution in [3.8, 4) is 0 Å². The molecule has 0 radical (unpaired) electrons. The first-order valence-electron chi connectivity index (χ1n) is 8.10. The van der Waals surface area contributed by atoms with Crippen molar-refractivity contribution in [2.75, 3.05) is 10.6 Å². The molecule has 2 rings (SSSR count). The van der Waals surface area contributed by atoms with Gasteiger partial charge in [-0.25, -0.2) is 12.8 Å². The summed E-state index contributed by atoms with van der Waals surface area (Å²) in [5, 5.41) is 3.57. The number of benzene rings is 2. The summed E-state index contributed by atoms with van der Waals surface area (Å²) in [7, 11) is -3.78. The monoisotopic (exact) mass is 432 g/mol. The van der Waals surface area contributed by atoms with Crippen LogP contribution in [0.2, 0.25) is 10.0 Å². The molecule has 2 aromatic carbocycles. The molecular weight excluding hydrogens is 414 g/mol. The summed E-state index contributed by atoms with van der Waals surface area (Å²) in [6.45, 7) is 1.81. The van der Waals surface area contributed by atoms with Crippen LogP contribution in [0.1, 0.15) is 18.9 Å². The van der Waals surface area contributed by atoms with Crippen LogP contribution in [0.5, 0.6) is 0 Å². The van der Waals surface area contributed by atoms with Crippen molar-refractivity contribution in [2.24, 2.45) is 0 Å². The lowest BCUT2D eigenvalue weighted by Crippen LogP contribution is -2.49. The van der Waals surface area contributed by atoms with Crippen LogP contribution < -0.4 is 9.62 Å². The third-order valence-electron chi connectivity index (χ3n) is 3.88. The highest BCUT2D eigenvalue weighted by Crippen LogP contribution is 2.24. The van der Waals surface area contributed by atoms with E-state index in [1.165, 1.54) is 12.1 Å². The first kappa shape index (κ1) is 21.5. The van der Waals surface area contributed by atoms with E-state index in [1.54, 1.807) is 25.1 Å². The molecule has 0 unspecified atom stereocenters. The summed E-state index contributed by atoms with van der Waals surface area (Å²) < 4.78 is 38.8. The highest BCUT2D eigenvalue weighted by atomic mass is 35.5. The summed E-state index contributed by atoms with van der Waals surface area (Å²) in [6.07, 6.45) is 1.23. The predicted molar refractivity (Wildman–Crippen MR) is 106 cm³/mol. The largest absolute Gasteiger partial charge is 0.350 e. The topological polar surface area (TPSA) is 66.5 Å². The van der Waals surface area contributed by atoms with Gasteiger partial charge in [-0.15, -0.1) is 0 Å². The summed E-state index contributed by atoms with van der Waals surface area (Å²) in [5.74, 6) is -0.986. The van der Waals surface area contributed by atoms with E-state index in [-0.39, 0.29) is 18.7 Å². The third-order valence-corrected chi connectivity index (χ3v) is 5.65. The number of nitrogens with one attached hydrogen (secondary N) is 1. The third kappa shape index (κ3) is 5.57. The fraction of sp³-hybridized carbons (Fsp3) is 0.278. The first-order valence-corrected chi connectivity index (χ1v) is 10.7. The Morgan fingerprint density at radius 1 is 1.19 bits per heavy atom. The maximum absolute atomic E-state index is 13.2. The molecule has 1 N–H and O–H groups in total. The van der Waals surface area contributed by atoms with Gasteiger partial charge in [0.1, 0.15) is 11.9 Å². The molecule has 1 atom stereocenters. The summed E-state index contributed by atoms with van der Waals surface area (Å²) in [5.41, 5.74) is 0.863. The average Bonchev–Trinajstić information content (AvgIpc) is 2.58. The Balaban J connectivity index is 2.25. The van der Waals surface area contributed by atoms with Crippen molar-refractivity contribution in [1.29, 1.82) is 0 Å². The van der Waals surface area contributed by atoms with Gasteiger partial charge in [0.15, 0.2) is 0 Å². The van der Waals surface area contributed by atoms with Gasteiger partial charge in [0.2, 0.25) is 15.9 Å². The van der Waals surface area contributed by atoms with Gasteiger partial charge >= 0.3 is 0 Å². The van der Waals surface area contributed by atoms with Gasteiger partial charge in [-0.05, 0) is 48.4 Å². The smallest absolute Gasteiger partial charge is 0.244 e. The predicted octanol–water partition coefficient (Wildman–Crippen LogP) is 3.99. The van der Waals surface area contributed by atoms with Crippen molar-refractivity contribution < 1.29 is 17.6 Å². The van der Waals surface area contributed by atoms with Crippen LogP contribution in [-0.4, -0.2) is 26.6 Å². The zero-order valence-corrected chi connectivity index (χ0v) is 17.1. The fourth-order valence-corrected chi connectivity index (χ4v) is 4.30. The highest BCUT2D eigenvalue weighted by molar-refractivity contribution is 7.92. The van der Waals surface area contributed by atoms with E-state index in [4.69, 9.17) is 23.2 Å². The van der Waals surface area contributed by atoms with Gasteiger partial charge in [0.05, 0.1) is 11.9 Å². The second-order valence-electron chi connectivity index (χ2n) is 5.91. The van der Waals surface area contributed by atoms with Crippen LogP contribution in [0.25, 0.3) is 0 Å². The molecule has 146 valence electrons. The standard InChI is InChI=1S/C18H19Cl2FN2O3S/c1-3-17(18(24)22-11-12-4-5-13(19)10-16(12)20)23(27(2,25)26)15-8-6-14(21)7-9-15/h4-10,17H,3,11H2,1-2H3,(H,22,24)/t17-/m1/s1. The number of amides is 1. The van der Waals surface area contributed by atoms with Crippen molar-refractivity contribution in [1.82, 2.24) is 5.32 Å². The van der Waals surface area contributed by atoms with E-state index in [9.17, 15) is 17.6 Å². The molecule has 5 nitrogen and oxygen atoms in total. The lowest BCUT2D eigenvalue weighted by Gasteiger charge is -2.30. The van der Waals surface area contributed by atoms with Crippen molar-refractivity contribution in [2.45, 2.75) is 25.9 Å². The Kier molecular flexibility index (Phi) is 7.08. The van der Waals surface area contributed by atoms with Crippen LogP contribution in [0.3, 0.4) is 0 Å². The second kappa shape index (κ2) is 8.91. The SMILES string of the molecule is CC[C@H](C(=O)NCc1ccc(Cl)cc1Cl)N(c1ccc(F)cc1)S(C)(=O)=O. The van der Waals surface area contributed by atoms with Gasteiger partial charge in [-0.1, -0.05) is 36.2 Å². The molecule has 0 aliphatic heterocycles. The number of rotatable bonds is 7. The van der Waals surface area contributed by atoms with E-state index >= 15 is 0 Å². The number of hydrogen-bond donors (Lipinski definition) is 1. The molecule has 0 saturated heterocycles. The molecule has 1 amide bonds. The van der Waals surface area contributed by atoms with E-state index in [0.717, 1.165) is 22.7 Å². The van der Waals surface area contributed by atoms with Crippen LogP contribution in [-0.2, 0) is 21.4 Å². The maximum atomic E-state index is 13.2. The maximum Gasteiger partial charge on any atom is 0.244 e. The molecule has 0 spiro atoms. The Morgan fingerprint density at radius 3 is 2.33 bits per heavy atom. The van der Waals surface area contributed by atoms with Gasteiger partial charge in [0, 0.05) is 16.6 Å². The lowest BCUT2D eigenvalue weighted by atomic mass is 10.1. The number of carbonyl (C=O) groups excluding carboxylic acids is 1. The van der Waals surface area contributed by atoms with Gasteiger partial charge in [-0.2, -0.15) is 0 Å². The molecule has 0 fully saturated rings. The minimum absolute atomic E-state index is 0.117. The van der Waals surface area contributed by atoms with Gasteiger partial charge in [-0.3, -0.25) is 9.10 Å². The summed E-state index contributed by atoms with van der Waals surface area (Å²) in [4.78, 5) is 12.7. The molecule has 2 aromatic rings. The lowest BCUT2D eigenvalue weighted by molar-refractivity contribution is -0.122. The molecule has 0 heterocycles. The Labute approximate surface area is 168 Å². The fourth-order valence-electron chi connectivity index (χ4n) is 2.61. The molecular formula is C18H19Cl2FN2O3S. The normalized spacial score (nSPS) is 12.5. The van der Waals surface area contributed by atoms with Gasteiger partial charge < -0.3 is 5.32 Å². The number of halogens is 3. The molecule has 0 saturated carbocycles. The zero-order chi connectivity index (χ0) is 20.2. The minimum Gasteiger partial charge on any atom is -0.350 e. The Morgan fingerprint density at radius 2 is 1.81 bits per heavy atom. The zero-order valence-electron chi connectivity index (χ0n) is 14.7.